The van der Waals surface area contributed by atoms with Gasteiger partial charge in [0.2, 0.25) is 5.62 Å². The highest BCUT2D eigenvalue weighted by Gasteiger charge is 2.16. The van der Waals surface area contributed by atoms with Crippen LogP contribution >= 0.6 is 0 Å². The Kier molecular flexibility index (Phi) is 5.76. The van der Waals surface area contributed by atoms with Crippen molar-refractivity contribution in [3.63, 3.8) is 0 Å². The highest BCUT2D eigenvalue weighted by atomic mass is 16.4. The van der Waals surface area contributed by atoms with Crippen molar-refractivity contribution >= 4 is 11.0 Å². The first-order valence-corrected chi connectivity index (χ1v) is 9.16. The van der Waals surface area contributed by atoms with Crippen LogP contribution in [0.5, 0.6) is 0 Å². The molecule has 1 atom stereocenters. The molecule has 0 spiro atoms. The fourth-order valence-corrected chi connectivity index (χ4v) is 3.32. The van der Waals surface area contributed by atoms with E-state index in [0.29, 0.717) is 17.9 Å². The molecule has 2 heterocycles. The molecule has 0 saturated heterocycles. The average molecular weight is 341 g/mol. The van der Waals surface area contributed by atoms with Gasteiger partial charge in [0.05, 0.1) is 23.8 Å². The Labute approximate surface area is 148 Å². The van der Waals surface area contributed by atoms with E-state index in [4.69, 9.17) is 9.83 Å². The first-order chi connectivity index (χ1) is 12.2. The monoisotopic (exact) mass is 341 g/mol. The van der Waals surface area contributed by atoms with Crippen molar-refractivity contribution in [2.24, 2.45) is 0 Å². The van der Waals surface area contributed by atoms with Crippen LogP contribution < -0.4 is 5.62 Å². The van der Waals surface area contributed by atoms with Gasteiger partial charge >= 0.3 is 0 Å². The SMILES string of the molecule is CCCCCCCn1c(=N)n(C[C@@H](O)c2ccco2)c2ccccc21. The van der Waals surface area contributed by atoms with Crippen LogP contribution in [0.25, 0.3) is 11.0 Å². The molecule has 134 valence electrons. The lowest BCUT2D eigenvalue weighted by Gasteiger charge is -2.10. The first kappa shape index (κ1) is 17.5. The Morgan fingerprint density at radius 2 is 1.72 bits per heavy atom. The summed E-state index contributed by atoms with van der Waals surface area (Å²) in [4.78, 5) is 0. The summed E-state index contributed by atoms with van der Waals surface area (Å²) in [6, 6.07) is 11.6. The van der Waals surface area contributed by atoms with Crippen molar-refractivity contribution in [1.82, 2.24) is 9.13 Å². The van der Waals surface area contributed by atoms with Gasteiger partial charge in [0, 0.05) is 6.54 Å². The van der Waals surface area contributed by atoms with Crippen molar-refractivity contribution in [3.05, 3.63) is 54.0 Å². The van der Waals surface area contributed by atoms with Crippen molar-refractivity contribution in [1.29, 1.82) is 5.41 Å². The van der Waals surface area contributed by atoms with E-state index in [0.717, 1.165) is 24.0 Å². The molecule has 0 radical (unpaired) electrons. The Morgan fingerprint density at radius 1 is 1.00 bits per heavy atom. The minimum Gasteiger partial charge on any atom is -0.467 e. The topological polar surface area (TPSA) is 67.1 Å². The first-order valence-electron chi connectivity index (χ1n) is 9.16. The third kappa shape index (κ3) is 3.87. The number of aliphatic hydroxyl groups is 1. The number of imidazole rings is 1. The number of nitrogens with zero attached hydrogens (tertiary/aromatic N) is 2. The maximum absolute atomic E-state index is 10.4. The zero-order chi connectivity index (χ0) is 17.6. The van der Waals surface area contributed by atoms with Crippen LogP contribution in [0.15, 0.2) is 47.1 Å². The van der Waals surface area contributed by atoms with Gasteiger partial charge in [-0.2, -0.15) is 0 Å². The molecular formula is C20H27N3O2. The lowest BCUT2D eigenvalue weighted by Crippen LogP contribution is -2.26. The third-order valence-electron chi connectivity index (χ3n) is 4.69. The van der Waals surface area contributed by atoms with Crippen LogP contribution in [0.2, 0.25) is 0 Å². The van der Waals surface area contributed by atoms with Gasteiger partial charge in [-0.15, -0.1) is 0 Å². The Hall–Kier alpha value is -2.27. The van der Waals surface area contributed by atoms with E-state index >= 15 is 0 Å². The highest BCUT2D eigenvalue weighted by Crippen LogP contribution is 2.19. The van der Waals surface area contributed by atoms with Gasteiger partial charge < -0.3 is 18.7 Å². The van der Waals surface area contributed by atoms with E-state index in [1.807, 2.05) is 22.8 Å². The minimum absolute atomic E-state index is 0.315. The van der Waals surface area contributed by atoms with Gasteiger partial charge in [-0.05, 0) is 30.7 Å². The number of furan rings is 1. The van der Waals surface area contributed by atoms with Crippen LogP contribution in [-0.4, -0.2) is 14.2 Å². The van der Waals surface area contributed by atoms with E-state index < -0.39 is 6.10 Å². The largest absolute Gasteiger partial charge is 0.467 e. The second-order valence-electron chi connectivity index (χ2n) is 6.52. The van der Waals surface area contributed by atoms with Gasteiger partial charge in [-0.3, -0.25) is 5.41 Å². The number of hydrogen-bond donors (Lipinski definition) is 2. The summed E-state index contributed by atoms with van der Waals surface area (Å²) in [5.41, 5.74) is 2.46. The van der Waals surface area contributed by atoms with Gasteiger partial charge in [0.15, 0.2) is 0 Å². The molecule has 25 heavy (non-hydrogen) atoms. The molecule has 0 bridgehead atoms. The number of aliphatic hydroxyl groups excluding tert-OH is 1. The summed E-state index contributed by atoms with van der Waals surface area (Å²) in [6.45, 7) is 3.37. The molecular weight excluding hydrogens is 314 g/mol. The summed E-state index contributed by atoms with van der Waals surface area (Å²) in [7, 11) is 0. The van der Waals surface area contributed by atoms with E-state index in [1.54, 1.807) is 18.4 Å². The number of aryl methyl sites for hydroxylation is 1. The van der Waals surface area contributed by atoms with Gasteiger partial charge in [0.1, 0.15) is 11.9 Å². The molecule has 0 aliphatic carbocycles. The van der Waals surface area contributed by atoms with Crippen molar-refractivity contribution in [3.8, 4) is 0 Å². The number of benzene rings is 1. The second kappa shape index (κ2) is 8.21. The summed E-state index contributed by atoms with van der Waals surface area (Å²) in [5, 5.41) is 19.0. The van der Waals surface area contributed by atoms with Crippen molar-refractivity contribution in [2.45, 2.75) is 58.2 Å². The standard InChI is InChI=1S/C20H27N3O2/c1-2-3-4-5-8-13-22-16-10-6-7-11-17(16)23(20(22)21)15-18(24)19-12-9-14-25-19/h6-7,9-12,14,18,21,24H,2-5,8,13,15H2,1H3/t18-/m1/s1. The average Bonchev–Trinajstić information content (AvgIpc) is 3.24. The van der Waals surface area contributed by atoms with Crippen molar-refractivity contribution < 1.29 is 9.52 Å². The molecule has 0 fully saturated rings. The zero-order valence-corrected chi connectivity index (χ0v) is 14.8. The predicted molar refractivity (Wildman–Crippen MR) is 98.2 cm³/mol. The molecule has 0 saturated carbocycles. The number of rotatable bonds is 9. The maximum Gasteiger partial charge on any atom is 0.203 e. The lowest BCUT2D eigenvalue weighted by atomic mass is 10.1. The molecule has 1 aromatic carbocycles. The molecule has 2 aromatic heterocycles. The van der Waals surface area contributed by atoms with E-state index in [9.17, 15) is 5.11 Å². The molecule has 5 nitrogen and oxygen atoms in total. The summed E-state index contributed by atoms with van der Waals surface area (Å²) >= 11 is 0. The quantitative estimate of drug-likeness (QED) is 0.572. The summed E-state index contributed by atoms with van der Waals surface area (Å²) in [6.07, 6.45) is 6.83. The number of nitrogens with one attached hydrogen (secondary N) is 1. The Morgan fingerprint density at radius 3 is 2.40 bits per heavy atom. The molecule has 5 heteroatoms. The molecule has 3 rings (SSSR count). The van der Waals surface area contributed by atoms with Crippen LogP contribution in [0.3, 0.4) is 0 Å². The highest BCUT2D eigenvalue weighted by molar-refractivity contribution is 5.75. The molecule has 0 aliphatic rings. The molecule has 0 unspecified atom stereocenters. The van der Waals surface area contributed by atoms with Crippen molar-refractivity contribution in [2.75, 3.05) is 0 Å². The number of aromatic nitrogens is 2. The number of fused-ring (bicyclic) bond motifs is 1. The predicted octanol–water partition coefficient (Wildman–Crippen LogP) is 4.22. The van der Waals surface area contributed by atoms with Gasteiger partial charge in [-0.25, -0.2) is 0 Å². The van der Waals surface area contributed by atoms with Crippen LogP contribution in [0.1, 0.15) is 50.9 Å². The molecule has 3 aromatic rings. The van der Waals surface area contributed by atoms with Crippen LogP contribution in [0, 0.1) is 5.41 Å². The maximum atomic E-state index is 10.4. The fraction of sp³-hybridized carbons (Fsp3) is 0.450. The Balaban J connectivity index is 1.83. The smallest absolute Gasteiger partial charge is 0.203 e. The summed E-state index contributed by atoms with van der Waals surface area (Å²) < 4.78 is 9.22. The number of hydrogen-bond acceptors (Lipinski definition) is 3. The van der Waals surface area contributed by atoms with E-state index in [-0.39, 0.29) is 0 Å². The van der Waals surface area contributed by atoms with Crippen LogP contribution in [-0.2, 0) is 13.1 Å². The summed E-state index contributed by atoms with van der Waals surface area (Å²) in [5.74, 6) is 0.531. The zero-order valence-electron chi connectivity index (χ0n) is 14.8. The van der Waals surface area contributed by atoms with Gasteiger partial charge in [-0.1, -0.05) is 44.7 Å². The normalized spacial score (nSPS) is 12.7. The van der Waals surface area contributed by atoms with Gasteiger partial charge in [0.25, 0.3) is 0 Å². The lowest BCUT2D eigenvalue weighted by molar-refractivity contribution is 0.129. The molecule has 0 aliphatic heterocycles. The van der Waals surface area contributed by atoms with E-state index in [1.165, 1.54) is 25.7 Å². The third-order valence-corrected chi connectivity index (χ3v) is 4.69. The second-order valence-corrected chi connectivity index (χ2v) is 6.52. The molecule has 0 amide bonds. The van der Waals surface area contributed by atoms with E-state index in [2.05, 4.69) is 17.6 Å². The molecule has 2 N–H and O–H groups in total. The number of para-hydroxylation sites is 2. The fourth-order valence-electron chi connectivity index (χ4n) is 3.32. The number of unbranched alkanes of at least 4 members (excludes halogenated alkanes) is 4. The van der Waals surface area contributed by atoms with Crippen LogP contribution in [0.4, 0.5) is 0 Å². The minimum atomic E-state index is -0.757. The Bertz CT molecular complexity index is 846.